The number of aromatic nitrogens is 4. The van der Waals surface area contributed by atoms with Gasteiger partial charge in [-0.3, -0.25) is 0 Å². The van der Waals surface area contributed by atoms with Crippen LogP contribution in [0.25, 0.3) is 5.78 Å². The molecule has 80 valence electrons. The predicted octanol–water partition coefficient (Wildman–Crippen LogP) is 1.72. The van der Waals surface area contributed by atoms with Gasteiger partial charge in [0.05, 0.1) is 7.11 Å². The number of methoxy groups -OCH3 is 1. The highest BCUT2D eigenvalue weighted by atomic mass is 35.5. The summed E-state index contributed by atoms with van der Waals surface area (Å²) in [7, 11) is 1.36. The standard InChI is InChI=1S/C7H5ClF2N4O/c1-15-7-12-6-11-3(5(9)10)2-4(8)14(6)13-7/h2,5H,1H3. The van der Waals surface area contributed by atoms with Crippen LogP contribution in [0.5, 0.6) is 6.01 Å². The zero-order valence-corrected chi connectivity index (χ0v) is 8.24. The average molecular weight is 235 g/mol. The molecule has 15 heavy (non-hydrogen) atoms. The third-order valence-corrected chi connectivity index (χ3v) is 1.94. The summed E-state index contributed by atoms with van der Waals surface area (Å²) in [5.74, 6) is -0.0188. The number of ether oxygens (including phenoxy) is 1. The molecule has 2 rings (SSSR count). The maximum atomic E-state index is 12.4. The second kappa shape index (κ2) is 3.58. The Hall–Kier alpha value is -1.50. The first-order valence-electron chi connectivity index (χ1n) is 3.87. The molecule has 0 unspecified atom stereocenters. The normalized spacial score (nSPS) is 11.3. The lowest BCUT2D eigenvalue weighted by Gasteiger charge is -1.99. The van der Waals surface area contributed by atoms with E-state index in [-0.39, 0.29) is 16.9 Å². The van der Waals surface area contributed by atoms with Crippen molar-refractivity contribution in [2.75, 3.05) is 7.11 Å². The van der Waals surface area contributed by atoms with Gasteiger partial charge in [0, 0.05) is 6.07 Å². The maximum Gasteiger partial charge on any atom is 0.337 e. The zero-order valence-electron chi connectivity index (χ0n) is 7.49. The summed E-state index contributed by atoms with van der Waals surface area (Å²) in [6.45, 7) is 0. The van der Waals surface area contributed by atoms with Crippen LogP contribution in [0, 0.1) is 0 Å². The Kier molecular flexibility index (Phi) is 2.39. The van der Waals surface area contributed by atoms with E-state index in [2.05, 4.69) is 15.1 Å². The summed E-state index contributed by atoms with van der Waals surface area (Å²) in [5, 5.41) is 3.78. The number of fused-ring (bicyclic) bond motifs is 1. The lowest BCUT2D eigenvalue weighted by molar-refractivity contribution is 0.146. The third kappa shape index (κ3) is 1.70. The van der Waals surface area contributed by atoms with Crippen molar-refractivity contribution in [3.8, 4) is 6.01 Å². The monoisotopic (exact) mass is 234 g/mol. The minimum Gasteiger partial charge on any atom is -0.466 e. The second-order valence-corrected chi connectivity index (χ2v) is 3.00. The molecule has 5 nitrogen and oxygen atoms in total. The highest BCUT2D eigenvalue weighted by Gasteiger charge is 2.15. The third-order valence-electron chi connectivity index (χ3n) is 1.68. The number of halogens is 3. The smallest absolute Gasteiger partial charge is 0.337 e. The molecule has 0 aliphatic rings. The van der Waals surface area contributed by atoms with E-state index in [0.717, 1.165) is 10.6 Å². The van der Waals surface area contributed by atoms with Gasteiger partial charge in [0.25, 0.3) is 12.2 Å². The Morgan fingerprint density at radius 1 is 1.47 bits per heavy atom. The van der Waals surface area contributed by atoms with Crippen LogP contribution in [0.4, 0.5) is 8.78 Å². The van der Waals surface area contributed by atoms with E-state index >= 15 is 0 Å². The van der Waals surface area contributed by atoms with Crippen molar-refractivity contribution in [2.24, 2.45) is 0 Å². The van der Waals surface area contributed by atoms with Crippen LogP contribution in [0.1, 0.15) is 12.1 Å². The van der Waals surface area contributed by atoms with Crippen molar-refractivity contribution >= 4 is 17.4 Å². The predicted molar refractivity (Wildman–Crippen MR) is 47.3 cm³/mol. The minimum atomic E-state index is -2.70. The van der Waals surface area contributed by atoms with Gasteiger partial charge in [0.1, 0.15) is 10.8 Å². The molecule has 8 heteroatoms. The number of alkyl halides is 2. The van der Waals surface area contributed by atoms with E-state index in [1.807, 2.05) is 0 Å². The molecule has 0 aromatic carbocycles. The van der Waals surface area contributed by atoms with Gasteiger partial charge in [0.2, 0.25) is 0 Å². The van der Waals surface area contributed by atoms with Gasteiger partial charge in [0.15, 0.2) is 0 Å². The molecule has 0 atom stereocenters. The molecular weight excluding hydrogens is 230 g/mol. The van der Waals surface area contributed by atoms with Crippen molar-refractivity contribution < 1.29 is 13.5 Å². The second-order valence-electron chi connectivity index (χ2n) is 2.61. The summed E-state index contributed by atoms with van der Waals surface area (Å²) < 4.78 is 30.6. The molecule has 2 heterocycles. The van der Waals surface area contributed by atoms with Crippen LogP contribution in [0.3, 0.4) is 0 Å². The summed E-state index contributed by atoms with van der Waals surface area (Å²) in [5.41, 5.74) is -0.442. The fraction of sp³-hybridized carbons (Fsp3) is 0.286. The first-order valence-corrected chi connectivity index (χ1v) is 4.25. The first-order chi connectivity index (χ1) is 7.11. The van der Waals surface area contributed by atoms with Gasteiger partial charge < -0.3 is 4.74 Å². The molecule has 2 aromatic heterocycles. The quantitative estimate of drug-likeness (QED) is 0.743. The number of nitrogens with zero attached hydrogens (tertiary/aromatic N) is 4. The van der Waals surface area contributed by atoms with Crippen LogP contribution in [-0.2, 0) is 0 Å². The molecule has 0 saturated heterocycles. The summed E-state index contributed by atoms with van der Waals surface area (Å²) in [4.78, 5) is 7.31. The van der Waals surface area contributed by atoms with E-state index in [1.54, 1.807) is 0 Å². The Bertz CT molecular complexity index is 501. The topological polar surface area (TPSA) is 52.3 Å². The molecule has 0 amide bonds. The zero-order chi connectivity index (χ0) is 11.0. The molecule has 0 saturated carbocycles. The van der Waals surface area contributed by atoms with Crippen molar-refractivity contribution in [2.45, 2.75) is 6.43 Å². The van der Waals surface area contributed by atoms with Crippen LogP contribution in [-0.4, -0.2) is 26.7 Å². The van der Waals surface area contributed by atoms with E-state index < -0.39 is 12.1 Å². The summed E-state index contributed by atoms with van der Waals surface area (Å²) in [6.07, 6.45) is -2.70. The molecule has 0 bridgehead atoms. The van der Waals surface area contributed by atoms with Crippen molar-refractivity contribution in [3.63, 3.8) is 0 Å². The van der Waals surface area contributed by atoms with Crippen molar-refractivity contribution in [1.82, 2.24) is 19.6 Å². The van der Waals surface area contributed by atoms with Crippen LogP contribution in [0.2, 0.25) is 5.15 Å². The lowest BCUT2D eigenvalue weighted by atomic mass is 10.4. The van der Waals surface area contributed by atoms with Crippen LogP contribution >= 0.6 is 11.6 Å². The minimum absolute atomic E-state index is 0.00565. The summed E-state index contributed by atoms with van der Waals surface area (Å²) in [6, 6.07) is 1.06. The molecule has 0 aliphatic carbocycles. The number of hydrogen-bond donors (Lipinski definition) is 0. The molecule has 0 radical (unpaired) electrons. The molecule has 0 fully saturated rings. The molecule has 0 spiro atoms. The van der Waals surface area contributed by atoms with Crippen LogP contribution < -0.4 is 4.74 Å². The highest BCUT2D eigenvalue weighted by molar-refractivity contribution is 6.29. The highest BCUT2D eigenvalue weighted by Crippen LogP contribution is 2.21. The van der Waals surface area contributed by atoms with Crippen LogP contribution in [0.15, 0.2) is 6.07 Å². The van der Waals surface area contributed by atoms with Gasteiger partial charge in [-0.25, -0.2) is 13.8 Å². The van der Waals surface area contributed by atoms with Gasteiger partial charge in [-0.1, -0.05) is 11.6 Å². The van der Waals surface area contributed by atoms with Crippen molar-refractivity contribution in [1.29, 1.82) is 0 Å². The van der Waals surface area contributed by atoms with Crippen molar-refractivity contribution in [3.05, 3.63) is 16.9 Å². The Balaban J connectivity index is 2.65. The van der Waals surface area contributed by atoms with E-state index in [0.29, 0.717) is 0 Å². The molecule has 0 N–H and O–H groups in total. The Labute approximate surface area is 87.7 Å². The first kappa shape index (κ1) is 10.0. The Morgan fingerprint density at radius 2 is 2.20 bits per heavy atom. The SMILES string of the molecule is COc1nc2nc(C(F)F)cc(Cl)n2n1. The summed E-state index contributed by atoms with van der Waals surface area (Å²) >= 11 is 5.71. The fourth-order valence-electron chi connectivity index (χ4n) is 1.03. The van der Waals surface area contributed by atoms with E-state index in [4.69, 9.17) is 16.3 Å². The van der Waals surface area contributed by atoms with Gasteiger partial charge in [-0.2, -0.15) is 9.50 Å². The van der Waals surface area contributed by atoms with Gasteiger partial charge >= 0.3 is 6.01 Å². The number of rotatable bonds is 2. The van der Waals surface area contributed by atoms with Gasteiger partial charge in [-0.05, 0) is 0 Å². The maximum absolute atomic E-state index is 12.4. The van der Waals surface area contributed by atoms with E-state index in [1.165, 1.54) is 7.11 Å². The Morgan fingerprint density at radius 3 is 2.80 bits per heavy atom. The fourth-order valence-corrected chi connectivity index (χ4v) is 1.26. The molecular formula is C7H5ClF2N4O. The largest absolute Gasteiger partial charge is 0.466 e. The van der Waals surface area contributed by atoms with E-state index in [9.17, 15) is 8.78 Å². The lowest BCUT2D eigenvalue weighted by Crippen LogP contribution is -1.98. The van der Waals surface area contributed by atoms with Gasteiger partial charge in [-0.15, -0.1) is 5.10 Å². The molecule has 2 aromatic rings. The average Bonchev–Trinajstić information content (AvgIpc) is 2.61. The number of hydrogen-bond acceptors (Lipinski definition) is 4. The molecule has 0 aliphatic heterocycles.